The van der Waals surface area contributed by atoms with Gasteiger partial charge in [-0.1, -0.05) is 52.0 Å². The molecule has 0 saturated carbocycles. The van der Waals surface area contributed by atoms with Crippen molar-refractivity contribution in [2.75, 3.05) is 23.3 Å². The van der Waals surface area contributed by atoms with Gasteiger partial charge in [0, 0.05) is 13.1 Å². The number of anilines is 3. The number of hydrogen-bond acceptors (Lipinski definition) is 6. The van der Waals surface area contributed by atoms with E-state index in [0.717, 1.165) is 35.0 Å². The monoisotopic (exact) mass is 419 g/mol. The first-order valence-electron chi connectivity index (χ1n) is 10.1. The molecule has 1 aromatic carbocycles. The van der Waals surface area contributed by atoms with E-state index in [1.54, 1.807) is 6.20 Å². The Morgan fingerprint density at radius 2 is 1.83 bits per heavy atom. The molecule has 0 saturated heterocycles. The predicted octanol–water partition coefficient (Wildman–Crippen LogP) is 5.08. The highest BCUT2D eigenvalue weighted by molar-refractivity contribution is 7.15. The Bertz CT molecular complexity index is 794. The average molecular weight is 420 g/mol. The van der Waals surface area contributed by atoms with E-state index in [9.17, 15) is 9.90 Å². The summed E-state index contributed by atoms with van der Waals surface area (Å²) < 4.78 is 0. The van der Waals surface area contributed by atoms with Gasteiger partial charge >= 0.3 is 5.97 Å². The summed E-state index contributed by atoms with van der Waals surface area (Å²) in [7, 11) is 0. The van der Waals surface area contributed by atoms with E-state index in [1.165, 1.54) is 11.3 Å². The molecule has 1 heterocycles. The molecule has 0 aliphatic heterocycles. The summed E-state index contributed by atoms with van der Waals surface area (Å²) in [6.07, 6.45) is 1.82. The summed E-state index contributed by atoms with van der Waals surface area (Å²) >= 11 is 1.42. The van der Waals surface area contributed by atoms with E-state index in [2.05, 4.69) is 55.0 Å². The lowest BCUT2D eigenvalue weighted by Crippen LogP contribution is -2.31. The van der Waals surface area contributed by atoms with E-state index in [4.69, 9.17) is 5.11 Å². The first-order valence-corrected chi connectivity index (χ1v) is 10.9. The smallest absolute Gasteiger partial charge is 0.303 e. The van der Waals surface area contributed by atoms with Gasteiger partial charge in [-0.3, -0.25) is 4.79 Å². The zero-order chi connectivity index (χ0) is 21.6. The SMILES string of the molecule is CC(C)CN(CC(C)C)c1ccc(C(C)CC(=O)O)cc1Nc1cnc(CO)s1. The van der Waals surface area contributed by atoms with Crippen LogP contribution in [-0.4, -0.2) is 34.3 Å². The number of carboxylic acid groups (broad SMARTS) is 1. The molecule has 2 aromatic rings. The van der Waals surface area contributed by atoms with Crippen molar-refractivity contribution in [1.82, 2.24) is 4.98 Å². The quantitative estimate of drug-likeness (QED) is 0.471. The first kappa shape index (κ1) is 23.2. The van der Waals surface area contributed by atoms with E-state index in [1.807, 2.05) is 13.0 Å². The number of aliphatic carboxylic acids is 1. The molecule has 1 atom stereocenters. The number of rotatable bonds is 11. The number of carbonyl (C=O) groups is 1. The predicted molar refractivity (Wildman–Crippen MR) is 120 cm³/mol. The minimum Gasteiger partial charge on any atom is -0.481 e. The topological polar surface area (TPSA) is 85.7 Å². The first-order chi connectivity index (χ1) is 13.7. The highest BCUT2D eigenvalue weighted by Crippen LogP contribution is 2.35. The summed E-state index contributed by atoms with van der Waals surface area (Å²) in [5, 5.41) is 23.5. The number of hydrogen-bond donors (Lipinski definition) is 3. The van der Waals surface area contributed by atoms with Crippen molar-refractivity contribution in [3.05, 3.63) is 35.0 Å². The van der Waals surface area contributed by atoms with Gasteiger partial charge in [0.05, 0.1) is 30.6 Å². The third-order valence-electron chi connectivity index (χ3n) is 4.53. The average Bonchev–Trinajstić information content (AvgIpc) is 3.07. The Labute approximate surface area is 177 Å². The van der Waals surface area contributed by atoms with Crippen LogP contribution in [0.5, 0.6) is 0 Å². The van der Waals surface area contributed by atoms with Crippen LogP contribution in [0.4, 0.5) is 16.4 Å². The zero-order valence-electron chi connectivity index (χ0n) is 18.0. The van der Waals surface area contributed by atoms with E-state index in [0.29, 0.717) is 16.8 Å². The van der Waals surface area contributed by atoms with Crippen molar-refractivity contribution >= 4 is 33.7 Å². The van der Waals surface area contributed by atoms with Crippen LogP contribution in [0, 0.1) is 11.8 Å². The molecule has 1 aromatic heterocycles. The lowest BCUT2D eigenvalue weighted by atomic mass is 9.96. The largest absolute Gasteiger partial charge is 0.481 e. The summed E-state index contributed by atoms with van der Waals surface area (Å²) in [5.41, 5.74) is 3.02. The van der Waals surface area contributed by atoms with Gasteiger partial charge in [0.15, 0.2) is 0 Å². The molecule has 160 valence electrons. The second-order valence-electron chi connectivity index (χ2n) is 8.37. The summed E-state index contributed by atoms with van der Waals surface area (Å²) in [6, 6.07) is 6.18. The molecule has 0 aliphatic carbocycles. The lowest BCUT2D eigenvalue weighted by Gasteiger charge is -2.31. The van der Waals surface area contributed by atoms with Gasteiger partial charge in [-0.15, -0.1) is 0 Å². The van der Waals surface area contributed by atoms with Gasteiger partial charge in [-0.05, 0) is 35.4 Å². The molecule has 0 amide bonds. The van der Waals surface area contributed by atoms with Gasteiger partial charge in [-0.2, -0.15) is 0 Å². The number of benzene rings is 1. The number of aliphatic hydroxyl groups excluding tert-OH is 1. The second kappa shape index (κ2) is 10.6. The number of aromatic nitrogens is 1. The molecule has 0 fully saturated rings. The van der Waals surface area contributed by atoms with Crippen LogP contribution in [0.15, 0.2) is 24.4 Å². The van der Waals surface area contributed by atoms with Crippen molar-refractivity contribution in [2.45, 2.75) is 53.6 Å². The molecule has 1 unspecified atom stereocenters. The van der Waals surface area contributed by atoms with Gasteiger partial charge in [0.1, 0.15) is 10.0 Å². The normalized spacial score (nSPS) is 12.4. The Balaban J connectivity index is 2.44. The molecular formula is C22H33N3O3S. The molecule has 0 bridgehead atoms. The highest BCUT2D eigenvalue weighted by atomic mass is 32.1. The third-order valence-corrected chi connectivity index (χ3v) is 5.43. The van der Waals surface area contributed by atoms with Gasteiger partial charge in [-0.25, -0.2) is 4.98 Å². The second-order valence-corrected chi connectivity index (χ2v) is 9.48. The van der Waals surface area contributed by atoms with Crippen LogP contribution >= 0.6 is 11.3 Å². The molecular weight excluding hydrogens is 386 g/mol. The van der Waals surface area contributed by atoms with Crippen molar-refractivity contribution < 1.29 is 15.0 Å². The van der Waals surface area contributed by atoms with Crippen LogP contribution in [0.25, 0.3) is 0 Å². The van der Waals surface area contributed by atoms with E-state index < -0.39 is 5.97 Å². The molecule has 0 aliphatic rings. The molecule has 0 radical (unpaired) electrons. The van der Waals surface area contributed by atoms with Crippen LogP contribution in [-0.2, 0) is 11.4 Å². The molecule has 6 nitrogen and oxygen atoms in total. The maximum Gasteiger partial charge on any atom is 0.303 e. The summed E-state index contributed by atoms with van der Waals surface area (Å²) in [5.74, 6) is 0.140. The summed E-state index contributed by atoms with van der Waals surface area (Å²) in [4.78, 5) is 17.8. The number of nitrogens with one attached hydrogen (secondary N) is 1. The fourth-order valence-electron chi connectivity index (χ4n) is 3.34. The minimum absolute atomic E-state index is 0.0816. The maximum absolute atomic E-state index is 11.2. The third kappa shape index (κ3) is 7.01. The number of nitrogens with zero attached hydrogens (tertiary/aromatic N) is 2. The van der Waals surface area contributed by atoms with Crippen LogP contribution in [0.1, 0.15) is 57.5 Å². The van der Waals surface area contributed by atoms with Crippen LogP contribution in [0.3, 0.4) is 0 Å². The van der Waals surface area contributed by atoms with Crippen molar-refractivity contribution in [1.29, 1.82) is 0 Å². The zero-order valence-corrected chi connectivity index (χ0v) is 18.8. The van der Waals surface area contributed by atoms with Gasteiger partial charge in [0.25, 0.3) is 0 Å². The van der Waals surface area contributed by atoms with Gasteiger partial charge < -0.3 is 20.4 Å². The Kier molecular flexibility index (Phi) is 8.46. The summed E-state index contributed by atoms with van der Waals surface area (Å²) in [6.45, 7) is 12.6. The number of aliphatic hydroxyl groups is 1. The fraction of sp³-hybridized carbons (Fsp3) is 0.545. The fourth-order valence-corrected chi connectivity index (χ4v) is 4.03. The Morgan fingerprint density at radius 3 is 2.34 bits per heavy atom. The molecule has 29 heavy (non-hydrogen) atoms. The Morgan fingerprint density at radius 1 is 1.17 bits per heavy atom. The number of carboxylic acids is 1. The van der Waals surface area contributed by atoms with Crippen molar-refractivity contribution in [3.8, 4) is 0 Å². The van der Waals surface area contributed by atoms with Crippen molar-refractivity contribution in [3.63, 3.8) is 0 Å². The molecule has 3 N–H and O–H groups in total. The number of thiazole rings is 1. The maximum atomic E-state index is 11.2. The molecule has 0 spiro atoms. The molecule has 2 rings (SSSR count). The minimum atomic E-state index is -0.799. The van der Waals surface area contributed by atoms with Crippen molar-refractivity contribution in [2.24, 2.45) is 11.8 Å². The van der Waals surface area contributed by atoms with E-state index >= 15 is 0 Å². The van der Waals surface area contributed by atoms with E-state index in [-0.39, 0.29) is 18.9 Å². The molecule has 7 heteroatoms. The highest BCUT2D eigenvalue weighted by Gasteiger charge is 2.18. The lowest BCUT2D eigenvalue weighted by molar-refractivity contribution is -0.137. The van der Waals surface area contributed by atoms with Crippen LogP contribution in [0.2, 0.25) is 0 Å². The van der Waals surface area contributed by atoms with Crippen LogP contribution < -0.4 is 10.2 Å². The van der Waals surface area contributed by atoms with Gasteiger partial charge in [0.2, 0.25) is 0 Å². The standard InChI is InChI=1S/C22H33N3O3S/c1-14(2)11-25(12-15(3)4)19-7-6-17(16(5)8-22(27)28)9-18(19)24-20-10-23-21(13-26)29-20/h6-7,9-10,14-16,24,26H,8,11-13H2,1-5H3,(H,27,28). The Hall–Kier alpha value is -2.12.